The zero-order valence-corrected chi connectivity index (χ0v) is 13.0. The lowest BCUT2D eigenvalue weighted by atomic mass is 10.2. The van der Waals surface area contributed by atoms with E-state index in [9.17, 15) is 9.59 Å². The summed E-state index contributed by atoms with van der Waals surface area (Å²) in [6.07, 6.45) is 2.97. The number of carbonyl (C=O) groups excluding carboxylic acids is 2. The fourth-order valence-corrected chi connectivity index (χ4v) is 1.80. The van der Waals surface area contributed by atoms with Crippen molar-refractivity contribution in [2.75, 3.05) is 6.54 Å². The molecule has 2 heterocycles. The quantitative estimate of drug-likeness (QED) is 0.807. The Morgan fingerprint density at radius 3 is 2.78 bits per heavy atom. The third-order valence-electron chi connectivity index (χ3n) is 2.81. The fourth-order valence-electron chi connectivity index (χ4n) is 1.80. The van der Waals surface area contributed by atoms with Gasteiger partial charge in [0.05, 0.1) is 25.5 Å². The number of pyridine rings is 1. The van der Waals surface area contributed by atoms with Gasteiger partial charge in [-0.3, -0.25) is 9.59 Å². The molecule has 0 saturated carbocycles. The highest BCUT2D eigenvalue weighted by Crippen LogP contribution is 2.15. The molecule has 0 aliphatic carbocycles. The molecular formula is C16H19N3O4. The highest BCUT2D eigenvalue weighted by Gasteiger charge is 2.15. The molecule has 2 aromatic rings. The molecule has 0 spiro atoms. The minimum absolute atomic E-state index is 0.104. The maximum Gasteiger partial charge on any atom is 0.257 e. The van der Waals surface area contributed by atoms with E-state index in [4.69, 9.17) is 9.15 Å². The van der Waals surface area contributed by atoms with Crippen LogP contribution in [0.2, 0.25) is 0 Å². The number of rotatable bonds is 7. The molecule has 2 N–H and O–H groups in total. The first-order valence-corrected chi connectivity index (χ1v) is 7.25. The van der Waals surface area contributed by atoms with Crippen molar-refractivity contribution in [2.45, 2.75) is 26.5 Å². The van der Waals surface area contributed by atoms with Gasteiger partial charge in [-0.15, -0.1) is 0 Å². The number of hydrogen-bond acceptors (Lipinski definition) is 5. The second-order valence-corrected chi connectivity index (χ2v) is 5.06. The molecule has 2 amide bonds. The normalized spacial score (nSPS) is 10.4. The molecule has 0 atom stereocenters. The summed E-state index contributed by atoms with van der Waals surface area (Å²) in [7, 11) is 0. The van der Waals surface area contributed by atoms with Crippen molar-refractivity contribution < 1.29 is 18.7 Å². The smallest absolute Gasteiger partial charge is 0.257 e. The van der Waals surface area contributed by atoms with Crippen LogP contribution < -0.4 is 15.4 Å². The first-order valence-electron chi connectivity index (χ1n) is 7.25. The second kappa shape index (κ2) is 7.98. The Labute approximate surface area is 134 Å². The first kappa shape index (κ1) is 16.5. The van der Waals surface area contributed by atoms with Gasteiger partial charge in [0.2, 0.25) is 11.8 Å². The van der Waals surface area contributed by atoms with Gasteiger partial charge in [-0.05, 0) is 38.1 Å². The summed E-state index contributed by atoms with van der Waals surface area (Å²) in [5, 5.41) is 5.19. The Kier molecular flexibility index (Phi) is 5.74. The molecule has 2 aromatic heterocycles. The van der Waals surface area contributed by atoms with Crippen LogP contribution in [-0.2, 0) is 11.3 Å². The number of carbonyl (C=O) groups is 2. The largest absolute Gasteiger partial charge is 0.474 e. The van der Waals surface area contributed by atoms with Gasteiger partial charge in [-0.25, -0.2) is 4.98 Å². The molecule has 0 aromatic carbocycles. The SMILES string of the molecule is CC(C)Oc1ncccc1C(=O)NCC(=O)NCc1ccco1. The van der Waals surface area contributed by atoms with Crippen LogP contribution in [0.15, 0.2) is 41.1 Å². The third kappa shape index (κ3) is 5.14. The molecular weight excluding hydrogens is 298 g/mol. The lowest BCUT2D eigenvalue weighted by molar-refractivity contribution is -0.120. The van der Waals surface area contributed by atoms with Crippen LogP contribution in [0.3, 0.4) is 0 Å². The number of furan rings is 1. The zero-order chi connectivity index (χ0) is 16.7. The van der Waals surface area contributed by atoms with Crippen molar-refractivity contribution >= 4 is 11.8 Å². The predicted molar refractivity (Wildman–Crippen MR) is 82.9 cm³/mol. The van der Waals surface area contributed by atoms with Gasteiger partial charge in [0.1, 0.15) is 11.3 Å². The van der Waals surface area contributed by atoms with Gasteiger partial charge in [-0.2, -0.15) is 0 Å². The lowest BCUT2D eigenvalue weighted by Crippen LogP contribution is -2.36. The average Bonchev–Trinajstić information content (AvgIpc) is 3.04. The van der Waals surface area contributed by atoms with E-state index in [0.717, 1.165) is 0 Å². The van der Waals surface area contributed by atoms with Crippen LogP contribution in [-0.4, -0.2) is 29.4 Å². The molecule has 0 radical (unpaired) electrons. The topological polar surface area (TPSA) is 93.5 Å². The Morgan fingerprint density at radius 1 is 1.26 bits per heavy atom. The number of hydrogen-bond donors (Lipinski definition) is 2. The van der Waals surface area contributed by atoms with E-state index < -0.39 is 5.91 Å². The fraction of sp³-hybridized carbons (Fsp3) is 0.312. The van der Waals surface area contributed by atoms with Crippen LogP contribution in [0, 0.1) is 0 Å². The van der Waals surface area contributed by atoms with Gasteiger partial charge in [0.15, 0.2) is 0 Å². The maximum atomic E-state index is 12.2. The number of nitrogens with one attached hydrogen (secondary N) is 2. The van der Waals surface area contributed by atoms with E-state index in [0.29, 0.717) is 11.3 Å². The van der Waals surface area contributed by atoms with E-state index in [2.05, 4.69) is 15.6 Å². The highest BCUT2D eigenvalue weighted by molar-refractivity contribution is 5.98. The third-order valence-corrected chi connectivity index (χ3v) is 2.81. The minimum Gasteiger partial charge on any atom is -0.474 e. The summed E-state index contributed by atoms with van der Waals surface area (Å²) in [4.78, 5) is 27.9. The van der Waals surface area contributed by atoms with E-state index in [1.54, 1.807) is 30.5 Å². The number of amides is 2. The molecule has 7 heteroatoms. The number of aromatic nitrogens is 1. The van der Waals surface area contributed by atoms with Crippen LogP contribution in [0.25, 0.3) is 0 Å². The Morgan fingerprint density at radius 2 is 2.09 bits per heavy atom. The van der Waals surface area contributed by atoms with Crippen molar-refractivity contribution in [2.24, 2.45) is 0 Å². The molecule has 0 aliphatic rings. The van der Waals surface area contributed by atoms with E-state index in [1.807, 2.05) is 13.8 Å². The van der Waals surface area contributed by atoms with Crippen molar-refractivity contribution in [1.29, 1.82) is 0 Å². The number of ether oxygens (including phenoxy) is 1. The van der Waals surface area contributed by atoms with Crippen molar-refractivity contribution in [3.05, 3.63) is 48.0 Å². The van der Waals surface area contributed by atoms with Crippen LogP contribution in [0.4, 0.5) is 0 Å². The molecule has 23 heavy (non-hydrogen) atoms. The summed E-state index contributed by atoms with van der Waals surface area (Å²) < 4.78 is 10.6. The number of nitrogens with zero attached hydrogens (tertiary/aromatic N) is 1. The summed E-state index contributed by atoms with van der Waals surface area (Å²) in [5.74, 6) is 0.160. The van der Waals surface area contributed by atoms with Crippen molar-refractivity contribution in [1.82, 2.24) is 15.6 Å². The van der Waals surface area contributed by atoms with Gasteiger partial charge < -0.3 is 19.8 Å². The van der Waals surface area contributed by atoms with Crippen molar-refractivity contribution in [3.63, 3.8) is 0 Å². The van der Waals surface area contributed by atoms with Crippen LogP contribution in [0.5, 0.6) is 5.88 Å². The average molecular weight is 317 g/mol. The van der Waals surface area contributed by atoms with Gasteiger partial charge in [0.25, 0.3) is 5.91 Å². The van der Waals surface area contributed by atoms with Gasteiger partial charge in [0, 0.05) is 6.20 Å². The molecule has 0 saturated heterocycles. The second-order valence-electron chi connectivity index (χ2n) is 5.06. The predicted octanol–water partition coefficient (Wildman–Crippen LogP) is 1.51. The van der Waals surface area contributed by atoms with Gasteiger partial charge in [-0.1, -0.05) is 0 Å². The first-order chi connectivity index (χ1) is 11.1. The Hall–Kier alpha value is -2.83. The monoisotopic (exact) mass is 317 g/mol. The van der Waals surface area contributed by atoms with Crippen molar-refractivity contribution in [3.8, 4) is 5.88 Å². The van der Waals surface area contributed by atoms with Crippen LogP contribution >= 0.6 is 0 Å². The minimum atomic E-state index is -0.415. The molecule has 7 nitrogen and oxygen atoms in total. The lowest BCUT2D eigenvalue weighted by Gasteiger charge is -2.12. The standard InChI is InChI=1S/C16H19N3O4/c1-11(2)23-16-13(6-3-7-17-16)15(21)19-10-14(20)18-9-12-5-4-8-22-12/h3-8,11H,9-10H2,1-2H3,(H,18,20)(H,19,21). The van der Waals surface area contributed by atoms with E-state index in [-0.39, 0.29) is 31.0 Å². The summed E-state index contributed by atoms with van der Waals surface area (Å²) in [6.45, 7) is 3.82. The van der Waals surface area contributed by atoms with Crippen LogP contribution in [0.1, 0.15) is 30.0 Å². The molecule has 0 aliphatic heterocycles. The summed E-state index contributed by atoms with van der Waals surface area (Å²) in [6, 6.07) is 6.73. The highest BCUT2D eigenvalue weighted by atomic mass is 16.5. The van der Waals surface area contributed by atoms with E-state index >= 15 is 0 Å². The Balaban J connectivity index is 1.85. The van der Waals surface area contributed by atoms with Gasteiger partial charge >= 0.3 is 0 Å². The maximum absolute atomic E-state index is 12.2. The molecule has 122 valence electrons. The summed E-state index contributed by atoms with van der Waals surface area (Å²) >= 11 is 0. The molecule has 0 bridgehead atoms. The van der Waals surface area contributed by atoms with E-state index in [1.165, 1.54) is 6.26 Å². The Bertz CT molecular complexity index is 653. The molecule has 0 unspecified atom stereocenters. The zero-order valence-electron chi connectivity index (χ0n) is 13.0. The molecule has 2 rings (SSSR count). The summed E-state index contributed by atoms with van der Waals surface area (Å²) in [5.41, 5.74) is 0.292. The molecule has 0 fully saturated rings.